The van der Waals surface area contributed by atoms with Gasteiger partial charge in [-0.3, -0.25) is 19.6 Å². The highest BCUT2D eigenvalue weighted by Gasteiger charge is 2.31. The van der Waals surface area contributed by atoms with E-state index in [1.807, 2.05) is 18.2 Å². The van der Waals surface area contributed by atoms with Gasteiger partial charge in [-0.05, 0) is 71.5 Å². The number of thiophene rings is 1. The highest BCUT2D eigenvalue weighted by Crippen LogP contribution is 2.35. The fourth-order valence-corrected chi connectivity index (χ4v) is 7.26. The molecule has 2 saturated heterocycles. The van der Waals surface area contributed by atoms with Crippen LogP contribution in [0.1, 0.15) is 27.2 Å². The molecule has 4 heterocycles. The number of pyridine rings is 1. The summed E-state index contributed by atoms with van der Waals surface area (Å²) >= 11 is 8.45. The van der Waals surface area contributed by atoms with Crippen molar-refractivity contribution in [2.75, 3.05) is 39.5 Å². The largest absolute Gasteiger partial charge is 0.493 e. The minimum absolute atomic E-state index is 0.0967. The van der Waals surface area contributed by atoms with Crippen LogP contribution in [0.25, 0.3) is 28.1 Å². The van der Waals surface area contributed by atoms with Gasteiger partial charge in [0.05, 0.1) is 35.8 Å². The van der Waals surface area contributed by atoms with Crippen molar-refractivity contribution in [2.45, 2.75) is 13.0 Å². The van der Waals surface area contributed by atoms with Gasteiger partial charge in [0.15, 0.2) is 0 Å². The summed E-state index contributed by atoms with van der Waals surface area (Å²) in [6, 6.07) is 17.2. The molecule has 2 aliphatic heterocycles. The third kappa shape index (κ3) is 6.97. The molecule has 43 heavy (non-hydrogen) atoms. The molecule has 2 fully saturated rings. The van der Waals surface area contributed by atoms with E-state index in [2.05, 4.69) is 39.5 Å². The molecule has 0 radical (unpaired) electrons. The first-order valence-corrected chi connectivity index (χ1v) is 16.0. The number of ether oxygens (including phenoxy) is 2. The van der Waals surface area contributed by atoms with Crippen LogP contribution in [-0.2, 0) is 16.1 Å². The maximum Gasteiger partial charge on any atom is 0.335 e. The van der Waals surface area contributed by atoms with Gasteiger partial charge in [-0.25, -0.2) is 4.79 Å². The van der Waals surface area contributed by atoms with Crippen molar-refractivity contribution in [2.24, 2.45) is 0 Å². The van der Waals surface area contributed by atoms with Crippen LogP contribution in [0.15, 0.2) is 71.1 Å². The van der Waals surface area contributed by atoms with Crippen molar-refractivity contribution in [3.05, 3.63) is 87.1 Å². The lowest BCUT2D eigenvalue weighted by Crippen LogP contribution is -2.35. The number of fused-ring (bicyclic) bond motifs is 1. The van der Waals surface area contributed by atoms with Gasteiger partial charge in [0.2, 0.25) is 0 Å². The predicted octanol–water partition coefficient (Wildman–Crippen LogP) is 6.16. The molecule has 4 aromatic rings. The van der Waals surface area contributed by atoms with Crippen LogP contribution < -0.4 is 4.74 Å². The van der Waals surface area contributed by atoms with E-state index in [4.69, 9.17) is 21.7 Å². The Morgan fingerprint density at radius 1 is 1.12 bits per heavy atom. The number of nitrogens with zero attached hydrogens (tertiary/aromatic N) is 3. The number of morpholine rings is 1. The van der Waals surface area contributed by atoms with Crippen LogP contribution in [0.2, 0.25) is 0 Å². The summed E-state index contributed by atoms with van der Waals surface area (Å²) in [5.41, 5.74) is 4.22. The van der Waals surface area contributed by atoms with Gasteiger partial charge in [-0.1, -0.05) is 36.1 Å². The van der Waals surface area contributed by atoms with Crippen molar-refractivity contribution < 1.29 is 24.2 Å². The monoisotopic (exact) mass is 631 g/mol. The van der Waals surface area contributed by atoms with Crippen LogP contribution >= 0.6 is 35.3 Å². The van der Waals surface area contributed by atoms with Gasteiger partial charge < -0.3 is 14.6 Å². The Morgan fingerprint density at radius 2 is 1.98 bits per heavy atom. The molecule has 2 aliphatic rings. The summed E-state index contributed by atoms with van der Waals surface area (Å²) < 4.78 is 12.0. The van der Waals surface area contributed by atoms with Gasteiger partial charge in [0, 0.05) is 48.2 Å². The SMILES string of the molecule is O=C(O)c1ccc(OCCCN2C(=O)C(=Cc3cc(-c4ccc5ncccc5c4)cs3)SC2=S)c(CN2CCOCC2)c1. The molecule has 2 aromatic carbocycles. The highest BCUT2D eigenvalue weighted by atomic mass is 32.2. The lowest BCUT2D eigenvalue weighted by atomic mass is 10.1. The number of carbonyl (C=O) groups excluding carboxylic acids is 1. The quantitative estimate of drug-likeness (QED) is 0.125. The summed E-state index contributed by atoms with van der Waals surface area (Å²) in [6.07, 6.45) is 4.28. The van der Waals surface area contributed by atoms with Crippen molar-refractivity contribution in [1.82, 2.24) is 14.8 Å². The topological polar surface area (TPSA) is 92.2 Å². The maximum absolute atomic E-state index is 13.2. The summed E-state index contributed by atoms with van der Waals surface area (Å²) in [5, 5.41) is 12.6. The van der Waals surface area contributed by atoms with Gasteiger partial charge in [0.25, 0.3) is 5.91 Å². The molecule has 0 aliphatic carbocycles. The second-order valence-electron chi connectivity index (χ2n) is 10.2. The zero-order valence-electron chi connectivity index (χ0n) is 23.2. The second-order valence-corrected chi connectivity index (χ2v) is 12.8. The molecule has 0 saturated carbocycles. The van der Waals surface area contributed by atoms with E-state index in [1.54, 1.807) is 40.6 Å². The lowest BCUT2D eigenvalue weighted by molar-refractivity contribution is -0.122. The molecule has 0 unspecified atom stereocenters. The van der Waals surface area contributed by atoms with E-state index in [0.717, 1.165) is 45.6 Å². The Labute approximate surface area is 262 Å². The summed E-state index contributed by atoms with van der Waals surface area (Å²) in [5.74, 6) is -0.416. The van der Waals surface area contributed by atoms with Crippen LogP contribution in [0, 0.1) is 0 Å². The van der Waals surface area contributed by atoms with Crippen molar-refractivity contribution >= 4 is 68.5 Å². The molecule has 11 heteroatoms. The number of hydrogen-bond donors (Lipinski definition) is 1. The molecule has 8 nitrogen and oxygen atoms in total. The Morgan fingerprint density at radius 3 is 2.81 bits per heavy atom. The number of benzene rings is 2. The number of carboxylic acids is 1. The minimum atomic E-state index is -0.970. The van der Waals surface area contributed by atoms with Crippen LogP contribution in [0.3, 0.4) is 0 Å². The first-order valence-electron chi connectivity index (χ1n) is 13.9. The number of rotatable bonds is 10. The van der Waals surface area contributed by atoms with E-state index >= 15 is 0 Å². The number of aromatic nitrogens is 1. The predicted molar refractivity (Wildman–Crippen MR) is 175 cm³/mol. The van der Waals surface area contributed by atoms with Gasteiger partial charge in [-0.15, -0.1) is 11.3 Å². The minimum Gasteiger partial charge on any atom is -0.493 e. The number of carbonyl (C=O) groups is 2. The van der Waals surface area contributed by atoms with Gasteiger partial charge >= 0.3 is 5.97 Å². The number of hydrogen-bond acceptors (Lipinski definition) is 9. The van der Waals surface area contributed by atoms with Crippen LogP contribution in [-0.4, -0.2) is 75.5 Å². The van der Waals surface area contributed by atoms with Gasteiger partial charge in [-0.2, -0.15) is 0 Å². The number of amides is 1. The molecular weight excluding hydrogens is 603 g/mol. The first-order chi connectivity index (χ1) is 20.9. The zero-order chi connectivity index (χ0) is 29.8. The number of carboxylic acid groups (broad SMARTS) is 1. The molecule has 1 N–H and O–H groups in total. The summed E-state index contributed by atoms with van der Waals surface area (Å²) in [6.45, 7) is 4.27. The van der Waals surface area contributed by atoms with E-state index in [1.165, 1.54) is 11.8 Å². The molecule has 220 valence electrons. The summed E-state index contributed by atoms with van der Waals surface area (Å²) in [7, 11) is 0. The standard InChI is InChI=1S/C32H29N3O5S3/c36-30-29(18-26-17-25(20-42-26)21-4-6-27-22(15-21)3-1-8-33-27)43-32(41)35(30)9-2-12-40-28-7-5-23(31(37)38)16-24(28)19-34-10-13-39-14-11-34/h1,3-8,15-18,20H,2,9-14,19H2,(H,37,38). The molecular formula is C32H29N3O5S3. The average molecular weight is 632 g/mol. The Bertz CT molecular complexity index is 1710. The molecule has 6 rings (SSSR count). The normalized spacial score (nSPS) is 16.8. The van der Waals surface area contributed by atoms with Crippen LogP contribution in [0.5, 0.6) is 5.75 Å². The smallest absolute Gasteiger partial charge is 0.335 e. The Balaban J connectivity index is 1.06. The molecule has 0 bridgehead atoms. The molecule has 0 spiro atoms. The Kier molecular flexibility index (Phi) is 9.15. The third-order valence-electron chi connectivity index (χ3n) is 7.29. The molecule has 0 atom stereocenters. The Hall–Kier alpha value is -3.61. The van der Waals surface area contributed by atoms with E-state index in [9.17, 15) is 14.7 Å². The highest BCUT2D eigenvalue weighted by molar-refractivity contribution is 8.26. The number of thioether (sulfide) groups is 1. The zero-order valence-corrected chi connectivity index (χ0v) is 25.7. The van der Waals surface area contributed by atoms with Crippen molar-refractivity contribution in [1.29, 1.82) is 0 Å². The fourth-order valence-electron chi connectivity index (χ4n) is 5.04. The number of thiocarbonyl (C=S) groups is 1. The van der Waals surface area contributed by atoms with E-state index in [0.29, 0.717) is 54.3 Å². The fraction of sp³-hybridized carbons (Fsp3) is 0.250. The summed E-state index contributed by atoms with van der Waals surface area (Å²) in [4.78, 5) is 34.6. The maximum atomic E-state index is 13.2. The van der Waals surface area contributed by atoms with Crippen molar-refractivity contribution in [3.8, 4) is 16.9 Å². The van der Waals surface area contributed by atoms with Crippen molar-refractivity contribution in [3.63, 3.8) is 0 Å². The lowest BCUT2D eigenvalue weighted by Gasteiger charge is -2.27. The first kappa shape index (κ1) is 29.5. The average Bonchev–Trinajstić information content (AvgIpc) is 3.59. The molecule has 1 amide bonds. The second kappa shape index (κ2) is 13.4. The molecule has 2 aromatic heterocycles. The van der Waals surface area contributed by atoms with Gasteiger partial charge in [0.1, 0.15) is 10.1 Å². The third-order valence-corrected chi connectivity index (χ3v) is 9.55. The number of aromatic carboxylic acids is 1. The van der Waals surface area contributed by atoms with E-state index < -0.39 is 5.97 Å². The van der Waals surface area contributed by atoms with E-state index in [-0.39, 0.29) is 11.5 Å². The van der Waals surface area contributed by atoms with Crippen LogP contribution in [0.4, 0.5) is 0 Å².